The predicted octanol–water partition coefficient (Wildman–Crippen LogP) is 3.66. The van der Waals surface area contributed by atoms with Crippen molar-refractivity contribution in [2.24, 2.45) is 4.99 Å². The molecule has 0 aliphatic heterocycles. The SMILES string of the molecule is CN=C(NCCOc1ccccc1Cl)NCc1nc(C(C)C)cs1. The number of para-hydroxylation sites is 1. The van der Waals surface area contributed by atoms with Crippen molar-refractivity contribution in [3.63, 3.8) is 0 Å². The van der Waals surface area contributed by atoms with Gasteiger partial charge < -0.3 is 15.4 Å². The molecule has 0 spiro atoms. The summed E-state index contributed by atoms with van der Waals surface area (Å²) in [5.74, 6) is 1.86. The quantitative estimate of drug-likeness (QED) is 0.446. The van der Waals surface area contributed by atoms with Crippen LogP contribution in [0.15, 0.2) is 34.6 Å². The van der Waals surface area contributed by atoms with Crippen LogP contribution in [-0.4, -0.2) is 31.1 Å². The maximum Gasteiger partial charge on any atom is 0.191 e. The Kier molecular flexibility index (Phi) is 7.34. The third-order valence-electron chi connectivity index (χ3n) is 3.28. The van der Waals surface area contributed by atoms with Crippen molar-refractivity contribution < 1.29 is 4.74 Å². The van der Waals surface area contributed by atoms with Crippen LogP contribution >= 0.6 is 22.9 Å². The molecule has 0 saturated heterocycles. The normalized spacial score (nSPS) is 11.6. The highest BCUT2D eigenvalue weighted by Gasteiger charge is 2.06. The van der Waals surface area contributed by atoms with Crippen molar-refractivity contribution in [3.8, 4) is 5.75 Å². The molecule has 0 saturated carbocycles. The fourth-order valence-electron chi connectivity index (χ4n) is 1.94. The van der Waals surface area contributed by atoms with Crippen LogP contribution in [0.4, 0.5) is 0 Å². The average Bonchev–Trinajstić information content (AvgIpc) is 3.05. The van der Waals surface area contributed by atoms with Gasteiger partial charge in [-0.15, -0.1) is 11.3 Å². The number of nitrogens with one attached hydrogen (secondary N) is 2. The van der Waals surface area contributed by atoms with Gasteiger partial charge in [-0.1, -0.05) is 37.6 Å². The van der Waals surface area contributed by atoms with Gasteiger partial charge in [0.05, 0.1) is 23.8 Å². The zero-order valence-electron chi connectivity index (χ0n) is 14.2. The third-order valence-corrected chi connectivity index (χ3v) is 4.46. The Balaban J connectivity index is 1.71. The second-order valence-corrected chi connectivity index (χ2v) is 6.80. The summed E-state index contributed by atoms with van der Waals surface area (Å²) in [7, 11) is 1.74. The number of hydrogen-bond acceptors (Lipinski definition) is 4. The number of aliphatic imine (C=N–C) groups is 1. The summed E-state index contributed by atoms with van der Waals surface area (Å²) >= 11 is 7.71. The van der Waals surface area contributed by atoms with E-state index in [1.807, 2.05) is 24.3 Å². The van der Waals surface area contributed by atoms with Crippen LogP contribution in [0.5, 0.6) is 5.75 Å². The molecule has 0 amide bonds. The molecule has 0 fully saturated rings. The van der Waals surface area contributed by atoms with E-state index in [9.17, 15) is 0 Å². The van der Waals surface area contributed by atoms with Crippen molar-refractivity contribution >= 4 is 28.9 Å². The first-order chi connectivity index (χ1) is 11.6. The third kappa shape index (κ3) is 5.69. The molecule has 0 radical (unpaired) electrons. The molecule has 24 heavy (non-hydrogen) atoms. The van der Waals surface area contributed by atoms with Crippen LogP contribution in [-0.2, 0) is 6.54 Å². The topological polar surface area (TPSA) is 58.5 Å². The smallest absolute Gasteiger partial charge is 0.191 e. The first-order valence-electron chi connectivity index (χ1n) is 7.86. The van der Waals surface area contributed by atoms with Gasteiger partial charge in [0.1, 0.15) is 17.4 Å². The highest BCUT2D eigenvalue weighted by molar-refractivity contribution is 7.09. The molecule has 5 nitrogen and oxygen atoms in total. The molecule has 2 aromatic rings. The standard InChI is InChI=1S/C17H23ClN4OS/c1-12(2)14-11-24-16(22-14)10-21-17(19-3)20-8-9-23-15-7-5-4-6-13(15)18/h4-7,11-12H,8-10H2,1-3H3,(H2,19,20,21). The van der Waals surface area contributed by atoms with Crippen molar-refractivity contribution in [1.29, 1.82) is 0 Å². The molecule has 0 bridgehead atoms. The largest absolute Gasteiger partial charge is 0.490 e. The fourth-order valence-corrected chi connectivity index (χ4v) is 3.03. The lowest BCUT2D eigenvalue weighted by molar-refractivity contribution is 0.322. The van der Waals surface area contributed by atoms with Crippen molar-refractivity contribution in [3.05, 3.63) is 45.4 Å². The van der Waals surface area contributed by atoms with Crippen LogP contribution in [0.2, 0.25) is 5.02 Å². The van der Waals surface area contributed by atoms with E-state index in [0.29, 0.717) is 36.4 Å². The van der Waals surface area contributed by atoms with Gasteiger partial charge >= 0.3 is 0 Å². The van der Waals surface area contributed by atoms with Crippen LogP contribution in [0.3, 0.4) is 0 Å². The molecule has 2 N–H and O–H groups in total. The first-order valence-corrected chi connectivity index (χ1v) is 9.12. The second kappa shape index (κ2) is 9.49. The van der Waals surface area contributed by atoms with Crippen LogP contribution in [0.1, 0.15) is 30.5 Å². The van der Waals surface area contributed by atoms with Crippen LogP contribution in [0, 0.1) is 0 Å². The summed E-state index contributed by atoms with van der Waals surface area (Å²) in [5.41, 5.74) is 1.13. The minimum absolute atomic E-state index is 0.453. The Hall–Kier alpha value is -1.79. The summed E-state index contributed by atoms with van der Waals surface area (Å²) in [6.07, 6.45) is 0. The van der Waals surface area contributed by atoms with Gasteiger partial charge in [0.2, 0.25) is 0 Å². The van der Waals surface area contributed by atoms with E-state index in [1.54, 1.807) is 18.4 Å². The number of ether oxygens (including phenoxy) is 1. The van der Waals surface area contributed by atoms with E-state index in [-0.39, 0.29) is 0 Å². The molecular weight excluding hydrogens is 344 g/mol. The summed E-state index contributed by atoms with van der Waals surface area (Å²) < 4.78 is 5.64. The van der Waals surface area contributed by atoms with Crippen LogP contribution in [0.25, 0.3) is 0 Å². The van der Waals surface area contributed by atoms with E-state index in [2.05, 4.69) is 39.8 Å². The van der Waals surface area contributed by atoms with Gasteiger partial charge in [0.25, 0.3) is 0 Å². The molecule has 0 aliphatic rings. The highest BCUT2D eigenvalue weighted by Crippen LogP contribution is 2.22. The fraction of sp³-hybridized carbons (Fsp3) is 0.412. The first kappa shape index (κ1) is 18.5. The van der Waals surface area contributed by atoms with Crippen molar-refractivity contribution in [1.82, 2.24) is 15.6 Å². The number of aromatic nitrogens is 1. The molecule has 1 aromatic carbocycles. The average molecular weight is 367 g/mol. The van der Waals surface area contributed by atoms with Crippen LogP contribution < -0.4 is 15.4 Å². The Labute approximate surface area is 152 Å². The number of hydrogen-bond donors (Lipinski definition) is 2. The van der Waals surface area contributed by atoms with Gasteiger partial charge in [-0.2, -0.15) is 0 Å². The molecular formula is C17H23ClN4OS. The zero-order chi connectivity index (χ0) is 17.4. The Morgan fingerprint density at radius 3 is 2.79 bits per heavy atom. The van der Waals surface area contributed by atoms with E-state index >= 15 is 0 Å². The lowest BCUT2D eigenvalue weighted by Gasteiger charge is -2.12. The summed E-state index contributed by atoms with van der Waals surface area (Å²) in [4.78, 5) is 8.79. The molecule has 1 aromatic heterocycles. The number of rotatable bonds is 7. The molecule has 0 atom stereocenters. The van der Waals surface area contributed by atoms with Gasteiger partial charge in [0.15, 0.2) is 5.96 Å². The van der Waals surface area contributed by atoms with E-state index in [0.717, 1.165) is 16.7 Å². The summed E-state index contributed by atoms with van der Waals surface area (Å²) in [5, 5.41) is 10.2. The zero-order valence-corrected chi connectivity index (χ0v) is 15.7. The van der Waals surface area contributed by atoms with E-state index in [1.165, 1.54) is 0 Å². The Morgan fingerprint density at radius 1 is 1.33 bits per heavy atom. The summed E-state index contributed by atoms with van der Waals surface area (Å²) in [6.45, 7) is 6.07. The number of nitrogens with zero attached hydrogens (tertiary/aromatic N) is 2. The maximum atomic E-state index is 6.05. The second-order valence-electron chi connectivity index (χ2n) is 5.45. The number of benzene rings is 1. The molecule has 0 aliphatic carbocycles. The molecule has 130 valence electrons. The monoisotopic (exact) mass is 366 g/mol. The summed E-state index contributed by atoms with van der Waals surface area (Å²) in [6, 6.07) is 7.44. The molecule has 2 rings (SSSR count). The van der Waals surface area contributed by atoms with E-state index < -0.39 is 0 Å². The molecule has 0 unspecified atom stereocenters. The van der Waals surface area contributed by atoms with Gasteiger partial charge in [-0.25, -0.2) is 4.98 Å². The van der Waals surface area contributed by atoms with Gasteiger partial charge in [0, 0.05) is 12.4 Å². The molecule has 1 heterocycles. The number of halogens is 1. The minimum atomic E-state index is 0.453. The predicted molar refractivity (Wildman–Crippen MR) is 101 cm³/mol. The lowest BCUT2D eigenvalue weighted by Crippen LogP contribution is -2.38. The Bertz CT molecular complexity index is 672. The van der Waals surface area contributed by atoms with E-state index in [4.69, 9.17) is 16.3 Å². The van der Waals surface area contributed by atoms with Gasteiger partial charge in [-0.3, -0.25) is 4.99 Å². The molecule has 7 heteroatoms. The maximum absolute atomic E-state index is 6.05. The van der Waals surface area contributed by atoms with Crippen molar-refractivity contribution in [2.45, 2.75) is 26.3 Å². The van der Waals surface area contributed by atoms with Crippen molar-refractivity contribution in [2.75, 3.05) is 20.2 Å². The number of guanidine groups is 1. The lowest BCUT2D eigenvalue weighted by atomic mass is 10.2. The highest BCUT2D eigenvalue weighted by atomic mass is 35.5. The minimum Gasteiger partial charge on any atom is -0.490 e. The number of thiazole rings is 1. The van der Waals surface area contributed by atoms with Gasteiger partial charge in [-0.05, 0) is 18.1 Å². The Morgan fingerprint density at radius 2 is 2.12 bits per heavy atom.